The number of rotatable bonds is 6. The van der Waals surface area contributed by atoms with Crippen LogP contribution in [0.1, 0.15) is 39.5 Å². The third kappa shape index (κ3) is 3.46. The second-order valence-corrected chi connectivity index (χ2v) is 4.37. The fourth-order valence-corrected chi connectivity index (χ4v) is 2.31. The normalized spacial score (nSPS) is 24.2. The first-order chi connectivity index (χ1) is 7.70. The van der Waals surface area contributed by atoms with Gasteiger partial charge >= 0.3 is 5.97 Å². The fourth-order valence-electron chi connectivity index (χ4n) is 2.31. The lowest BCUT2D eigenvalue weighted by Crippen LogP contribution is -2.54. The van der Waals surface area contributed by atoms with Gasteiger partial charge in [-0.05, 0) is 12.8 Å². The summed E-state index contributed by atoms with van der Waals surface area (Å²) >= 11 is 0. The molecule has 4 heteroatoms. The average Bonchev–Trinajstić information content (AvgIpc) is 2.30. The number of aliphatic carboxylic acids is 1. The van der Waals surface area contributed by atoms with Crippen LogP contribution in [0.4, 0.5) is 0 Å². The smallest absolute Gasteiger partial charge is 0.323 e. The molecule has 1 aliphatic rings. The molecule has 1 saturated heterocycles. The minimum atomic E-state index is -0.755. The lowest BCUT2D eigenvalue weighted by atomic mass is 10.0. The van der Waals surface area contributed by atoms with Crippen molar-refractivity contribution in [2.45, 2.75) is 51.6 Å². The zero-order valence-corrected chi connectivity index (χ0v) is 10.3. The van der Waals surface area contributed by atoms with Crippen molar-refractivity contribution in [3.8, 4) is 0 Å². The lowest BCUT2D eigenvalue weighted by Gasteiger charge is -2.38. The van der Waals surface area contributed by atoms with E-state index in [-0.39, 0.29) is 0 Å². The van der Waals surface area contributed by atoms with E-state index in [2.05, 4.69) is 18.7 Å². The van der Waals surface area contributed by atoms with Crippen LogP contribution >= 0.6 is 0 Å². The van der Waals surface area contributed by atoms with E-state index in [9.17, 15) is 4.79 Å². The molecule has 0 aromatic heterocycles. The van der Waals surface area contributed by atoms with E-state index < -0.39 is 12.0 Å². The first kappa shape index (κ1) is 13.5. The predicted octanol–water partition coefficient (Wildman–Crippen LogP) is 1.74. The molecule has 0 spiro atoms. The van der Waals surface area contributed by atoms with Gasteiger partial charge in [-0.25, -0.2) is 0 Å². The monoisotopic (exact) mass is 229 g/mol. The van der Waals surface area contributed by atoms with Gasteiger partial charge in [0.1, 0.15) is 6.04 Å². The van der Waals surface area contributed by atoms with Crippen LogP contribution in [0, 0.1) is 0 Å². The van der Waals surface area contributed by atoms with E-state index in [0.717, 1.165) is 19.4 Å². The van der Waals surface area contributed by atoms with Crippen molar-refractivity contribution in [1.82, 2.24) is 4.90 Å². The largest absolute Gasteiger partial charge is 0.480 e. The van der Waals surface area contributed by atoms with Gasteiger partial charge in [0.2, 0.25) is 0 Å². The highest BCUT2D eigenvalue weighted by atomic mass is 16.5. The van der Waals surface area contributed by atoms with Gasteiger partial charge in [-0.15, -0.1) is 0 Å². The summed E-state index contributed by atoms with van der Waals surface area (Å²) in [7, 11) is 0. The zero-order chi connectivity index (χ0) is 12.0. The van der Waals surface area contributed by atoms with Gasteiger partial charge in [0.25, 0.3) is 0 Å². The van der Waals surface area contributed by atoms with Crippen LogP contribution in [-0.4, -0.2) is 47.8 Å². The van der Waals surface area contributed by atoms with E-state index in [1.807, 2.05) is 0 Å². The van der Waals surface area contributed by atoms with Gasteiger partial charge in [-0.3, -0.25) is 9.69 Å². The molecule has 0 aromatic carbocycles. The molecule has 0 aliphatic carbocycles. The number of nitrogens with zero attached hydrogens (tertiary/aromatic N) is 1. The number of ether oxygens (including phenoxy) is 1. The third-order valence-electron chi connectivity index (χ3n) is 3.29. The zero-order valence-electron chi connectivity index (χ0n) is 10.3. The number of carboxylic acid groups (broad SMARTS) is 1. The van der Waals surface area contributed by atoms with Crippen LogP contribution in [0.25, 0.3) is 0 Å². The molecule has 0 saturated carbocycles. The Kier molecular flexibility index (Phi) is 5.77. The molecule has 16 heavy (non-hydrogen) atoms. The van der Waals surface area contributed by atoms with E-state index in [0.29, 0.717) is 19.3 Å². The van der Waals surface area contributed by atoms with Gasteiger partial charge in [0, 0.05) is 12.6 Å². The summed E-state index contributed by atoms with van der Waals surface area (Å²) in [6, 6.07) is -0.0551. The lowest BCUT2D eigenvalue weighted by molar-refractivity contribution is -0.151. The van der Waals surface area contributed by atoms with Crippen molar-refractivity contribution >= 4 is 5.97 Å². The van der Waals surface area contributed by atoms with Crippen LogP contribution in [0.15, 0.2) is 0 Å². The Morgan fingerprint density at radius 1 is 1.56 bits per heavy atom. The highest BCUT2D eigenvalue weighted by molar-refractivity contribution is 5.73. The maximum atomic E-state index is 11.1. The Morgan fingerprint density at radius 3 is 2.88 bits per heavy atom. The summed E-state index contributed by atoms with van der Waals surface area (Å²) in [4.78, 5) is 13.2. The van der Waals surface area contributed by atoms with Crippen molar-refractivity contribution in [2.24, 2.45) is 0 Å². The first-order valence-electron chi connectivity index (χ1n) is 6.27. The van der Waals surface area contributed by atoms with Gasteiger partial charge in [0.05, 0.1) is 13.2 Å². The molecule has 4 nitrogen and oxygen atoms in total. The fraction of sp³-hybridized carbons (Fsp3) is 0.917. The van der Waals surface area contributed by atoms with Crippen LogP contribution in [0.5, 0.6) is 0 Å². The van der Waals surface area contributed by atoms with Crippen molar-refractivity contribution in [1.29, 1.82) is 0 Å². The van der Waals surface area contributed by atoms with Crippen molar-refractivity contribution < 1.29 is 14.6 Å². The maximum Gasteiger partial charge on any atom is 0.323 e. The molecule has 1 fully saturated rings. The van der Waals surface area contributed by atoms with Crippen LogP contribution < -0.4 is 0 Å². The number of carbonyl (C=O) groups is 1. The summed E-state index contributed by atoms with van der Waals surface area (Å²) in [6.07, 6.45) is 4.45. The molecule has 0 amide bonds. The highest BCUT2D eigenvalue weighted by Crippen LogP contribution is 2.18. The van der Waals surface area contributed by atoms with Gasteiger partial charge in [0.15, 0.2) is 0 Å². The van der Waals surface area contributed by atoms with E-state index in [4.69, 9.17) is 9.84 Å². The second-order valence-electron chi connectivity index (χ2n) is 4.37. The first-order valence-corrected chi connectivity index (χ1v) is 6.27. The topological polar surface area (TPSA) is 49.8 Å². The molecule has 1 N–H and O–H groups in total. The molecule has 2 atom stereocenters. The number of hydrogen-bond acceptors (Lipinski definition) is 3. The quantitative estimate of drug-likeness (QED) is 0.753. The molecule has 2 unspecified atom stereocenters. The molecule has 1 rings (SSSR count). The number of morpholine rings is 1. The molecule has 94 valence electrons. The van der Waals surface area contributed by atoms with Gasteiger partial charge < -0.3 is 9.84 Å². The Labute approximate surface area is 97.6 Å². The van der Waals surface area contributed by atoms with Crippen LogP contribution in [0.3, 0.4) is 0 Å². The molecule has 0 aromatic rings. The van der Waals surface area contributed by atoms with Gasteiger partial charge in [-0.2, -0.15) is 0 Å². The van der Waals surface area contributed by atoms with E-state index in [1.54, 1.807) is 0 Å². The molecule has 1 aliphatic heterocycles. The maximum absolute atomic E-state index is 11.1. The Hall–Kier alpha value is -0.610. The van der Waals surface area contributed by atoms with Crippen molar-refractivity contribution in [2.75, 3.05) is 19.8 Å². The molecular weight excluding hydrogens is 206 g/mol. The summed E-state index contributed by atoms with van der Waals surface area (Å²) in [5.74, 6) is -0.755. The predicted molar refractivity (Wildman–Crippen MR) is 62.6 cm³/mol. The molecule has 1 heterocycles. The second kappa shape index (κ2) is 6.86. The number of carboxylic acids is 1. The minimum absolute atomic E-state index is 0.331. The summed E-state index contributed by atoms with van der Waals surface area (Å²) in [5.41, 5.74) is 0. The van der Waals surface area contributed by atoms with Crippen molar-refractivity contribution in [3.63, 3.8) is 0 Å². The SMILES string of the molecule is CCCCC(CC)N1CCOCC1C(=O)O. The Bertz CT molecular complexity index is 220. The van der Waals surface area contributed by atoms with Crippen LogP contribution in [-0.2, 0) is 9.53 Å². The van der Waals surface area contributed by atoms with E-state index >= 15 is 0 Å². The summed E-state index contributed by atoms with van der Waals surface area (Å²) < 4.78 is 5.25. The third-order valence-corrected chi connectivity index (χ3v) is 3.29. The molecule has 0 bridgehead atoms. The van der Waals surface area contributed by atoms with E-state index in [1.165, 1.54) is 12.8 Å². The molecule has 0 radical (unpaired) electrons. The number of hydrogen-bond donors (Lipinski definition) is 1. The summed E-state index contributed by atoms with van der Waals surface area (Å²) in [5, 5.41) is 9.16. The standard InChI is InChI=1S/C12H23NO3/c1-3-5-6-10(4-2)13-7-8-16-9-11(13)12(14)15/h10-11H,3-9H2,1-2H3,(H,14,15). The Balaban J connectivity index is 2.60. The highest BCUT2D eigenvalue weighted by Gasteiger charge is 2.32. The molecular formula is C12H23NO3. The van der Waals surface area contributed by atoms with Gasteiger partial charge in [-0.1, -0.05) is 26.7 Å². The number of unbranched alkanes of at least 4 members (excludes halogenated alkanes) is 1. The summed E-state index contributed by atoms with van der Waals surface area (Å²) in [6.45, 7) is 6.04. The van der Waals surface area contributed by atoms with Crippen LogP contribution in [0.2, 0.25) is 0 Å². The average molecular weight is 229 g/mol. The minimum Gasteiger partial charge on any atom is -0.480 e. The van der Waals surface area contributed by atoms with Crippen molar-refractivity contribution in [3.05, 3.63) is 0 Å². The Morgan fingerprint density at radius 2 is 2.31 bits per heavy atom.